The van der Waals surface area contributed by atoms with Crippen LogP contribution in [0.3, 0.4) is 0 Å². The summed E-state index contributed by atoms with van der Waals surface area (Å²) < 4.78 is 19.2. The average Bonchev–Trinajstić information content (AvgIpc) is 2.46. The Morgan fingerprint density at radius 1 is 1.00 bits per heavy atom. The van der Waals surface area contributed by atoms with Crippen LogP contribution in [-0.2, 0) is 12.8 Å². The van der Waals surface area contributed by atoms with Crippen molar-refractivity contribution in [3.05, 3.63) is 53.3 Å². The molecule has 0 aliphatic heterocycles. The van der Waals surface area contributed by atoms with Crippen molar-refractivity contribution in [2.75, 3.05) is 7.11 Å². The van der Waals surface area contributed by atoms with Crippen LogP contribution in [0.25, 0.3) is 11.1 Å². The van der Waals surface area contributed by atoms with Crippen LogP contribution in [0, 0.1) is 5.82 Å². The molecule has 0 unspecified atom stereocenters. The minimum Gasteiger partial charge on any atom is -0.497 e. The van der Waals surface area contributed by atoms with Crippen LogP contribution in [0.15, 0.2) is 36.4 Å². The number of benzene rings is 2. The van der Waals surface area contributed by atoms with Crippen LogP contribution in [-0.4, -0.2) is 7.11 Å². The van der Waals surface area contributed by atoms with Gasteiger partial charge in [0, 0.05) is 11.6 Å². The molecule has 0 heterocycles. The third-order valence-corrected chi connectivity index (χ3v) is 3.47. The summed E-state index contributed by atoms with van der Waals surface area (Å²) in [5, 5.41) is 0. The van der Waals surface area contributed by atoms with E-state index in [9.17, 15) is 4.39 Å². The van der Waals surface area contributed by atoms with Crippen molar-refractivity contribution in [2.24, 2.45) is 0 Å². The van der Waals surface area contributed by atoms with Crippen molar-refractivity contribution in [1.29, 1.82) is 0 Å². The van der Waals surface area contributed by atoms with Crippen molar-refractivity contribution in [3.8, 4) is 16.9 Å². The number of rotatable bonds is 4. The number of hydrogen-bond donors (Lipinski definition) is 0. The van der Waals surface area contributed by atoms with E-state index in [0.29, 0.717) is 11.3 Å². The van der Waals surface area contributed by atoms with Gasteiger partial charge in [0.2, 0.25) is 0 Å². The van der Waals surface area contributed by atoms with Gasteiger partial charge in [-0.05, 0) is 41.7 Å². The number of aryl methyl sites for hydroxylation is 1. The molecule has 0 N–H and O–H groups in total. The first-order valence-electron chi connectivity index (χ1n) is 6.65. The molecular formula is C17H19FO. The van der Waals surface area contributed by atoms with E-state index in [1.165, 1.54) is 17.2 Å². The molecule has 0 saturated carbocycles. The molecule has 0 amide bonds. The Morgan fingerprint density at radius 3 is 2.37 bits per heavy atom. The van der Waals surface area contributed by atoms with E-state index >= 15 is 0 Å². The SMILES string of the molecule is CCc1cccc(-c2ccc(OC)cc2F)c1CC. The highest BCUT2D eigenvalue weighted by molar-refractivity contribution is 5.70. The zero-order valence-corrected chi connectivity index (χ0v) is 11.7. The number of hydrogen-bond acceptors (Lipinski definition) is 1. The Bertz CT molecular complexity index is 575. The lowest BCUT2D eigenvalue weighted by Crippen LogP contribution is -1.96. The molecule has 0 aliphatic carbocycles. The van der Waals surface area contributed by atoms with E-state index < -0.39 is 0 Å². The fraction of sp³-hybridized carbons (Fsp3) is 0.294. The minimum atomic E-state index is -0.234. The fourth-order valence-corrected chi connectivity index (χ4v) is 2.48. The Balaban J connectivity index is 2.58. The zero-order chi connectivity index (χ0) is 13.8. The number of methoxy groups -OCH3 is 1. The predicted molar refractivity (Wildman–Crippen MR) is 77.1 cm³/mol. The molecule has 0 atom stereocenters. The largest absolute Gasteiger partial charge is 0.497 e. The van der Waals surface area contributed by atoms with Gasteiger partial charge in [0.15, 0.2) is 0 Å². The standard InChI is InChI=1S/C17H19FO/c1-4-12-7-6-8-15(14(12)5-2)16-10-9-13(19-3)11-17(16)18/h6-11H,4-5H2,1-3H3. The van der Waals surface area contributed by atoms with Crippen LogP contribution in [0.1, 0.15) is 25.0 Å². The van der Waals surface area contributed by atoms with Crippen molar-refractivity contribution < 1.29 is 9.13 Å². The normalized spacial score (nSPS) is 10.5. The minimum absolute atomic E-state index is 0.234. The number of ether oxygens (including phenoxy) is 1. The van der Waals surface area contributed by atoms with E-state index in [4.69, 9.17) is 4.74 Å². The summed E-state index contributed by atoms with van der Waals surface area (Å²) in [4.78, 5) is 0. The second kappa shape index (κ2) is 5.87. The predicted octanol–water partition coefficient (Wildman–Crippen LogP) is 4.63. The van der Waals surface area contributed by atoms with E-state index in [1.807, 2.05) is 12.1 Å². The van der Waals surface area contributed by atoms with Crippen LogP contribution in [0.4, 0.5) is 4.39 Å². The van der Waals surface area contributed by atoms with Gasteiger partial charge in [-0.25, -0.2) is 4.39 Å². The maximum Gasteiger partial charge on any atom is 0.134 e. The molecule has 0 saturated heterocycles. The average molecular weight is 258 g/mol. The van der Waals surface area contributed by atoms with Crippen molar-refractivity contribution in [2.45, 2.75) is 26.7 Å². The van der Waals surface area contributed by atoms with Crippen LogP contribution < -0.4 is 4.74 Å². The van der Waals surface area contributed by atoms with Gasteiger partial charge in [-0.15, -0.1) is 0 Å². The highest BCUT2D eigenvalue weighted by Gasteiger charge is 2.12. The molecule has 0 aromatic heterocycles. The third-order valence-electron chi connectivity index (χ3n) is 3.47. The maximum atomic E-state index is 14.2. The summed E-state index contributed by atoms with van der Waals surface area (Å²) in [6.07, 6.45) is 1.87. The van der Waals surface area contributed by atoms with Gasteiger partial charge in [0.1, 0.15) is 11.6 Å². The second-order valence-corrected chi connectivity index (χ2v) is 4.50. The van der Waals surface area contributed by atoms with Gasteiger partial charge < -0.3 is 4.74 Å². The summed E-state index contributed by atoms with van der Waals surface area (Å²) in [5.74, 6) is 0.313. The quantitative estimate of drug-likeness (QED) is 0.777. The monoisotopic (exact) mass is 258 g/mol. The summed E-state index contributed by atoms with van der Waals surface area (Å²) in [7, 11) is 1.55. The Hall–Kier alpha value is -1.83. The fourth-order valence-electron chi connectivity index (χ4n) is 2.48. The molecule has 1 nitrogen and oxygen atoms in total. The van der Waals surface area contributed by atoms with Crippen molar-refractivity contribution >= 4 is 0 Å². The lowest BCUT2D eigenvalue weighted by atomic mass is 9.92. The van der Waals surface area contributed by atoms with E-state index in [1.54, 1.807) is 19.2 Å². The highest BCUT2D eigenvalue weighted by atomic mass is 19.1. The third kappa shape index (κ3) is 2.62. The van der Waals surface area contributed by atoms with Crippen LogP contribution in [0.2, 0.25) is 0 Å². The van der Waals surface area contributed by atoms with Crippen LogP contribution in [0.5, 0.6) is 5.75 Å². The molecule has 0 spiro atoms. The molecule has 0 bridgehead atoms. The van der Waals surface area contributed by atoms with Gasteiger partial charge in [-0.3, -0.25) is 0 Å². The van der Waals surface area contributed by atoms with Gasteiger partial charge >= 0.3 is 0 Å². The Kier molecular flexibility index (Phi) is 4.20. The van der Waals surface area contributed by atoms with E-state index in [0.717, 1.165) is 18.4 Å². The first-order valence-corrected chi connectivity index (χ1v) is 6.65. The molecule has 19 heavy (non-hydrogen) atoms. The lowest BCUT2D eigenvalue weighted by Gasteiger charge is -2.14. The van der Waals surface area contributed by atoms with Gasteiger partial charge in [-0.2, -0.15) is 0 Å². The molecule has 2 heteroatoms. The second-order valence-electron chi connectivity index (χ2n) is 4.50. The first-order chi connectivity index (χ1) is 9.21. The molecule has 2 aromatic rings. The van der Waals surface area contributed by atoms with Gasteiger partial charge in [-0.1, -0.05) is 32.0 Å². The summed E-state index contributed by atoms with van der Waals surface area (Å²) in [6, 6.07) is 11.1. The maximum absolute atomic E-state index is 14.2. The van der Waals surface area contributed by atoms with Crippen molar-refractivity contribution in [1.82, 2.24) is 0 Å². The Morgan fingerprint density at radius 2 is 1.79 bits per heavy atom. The molecule has 100 valence electrons. The summed E-state index contributed by atoms with van der Waals surface area (Å²) >= 11 is 0. The number of halogens is 1. The van der Waals surface area contributed by atoms with E-state index in [2.05, 4.69) is 19.9 Å². The molecule has 0 fully saturated rings. The van der Waals surface area contributed by atoms with Crippen LogP contribution >= 0.6 is 0 Å². The zero-order valence-electron chi connectivity index (χ0n) is 11.7. The molecule has 0 radical (unpaired) electrons. The highest BCUT2D eigenvalue weighted by Crippen LogP contribution is 2.31. The topological polar surface area (TPSA) is 9.23 Å². The lowest BCUT2D eigenvalue weighted by molar-refractivity contribution is 0.411. The summed E-state index contributed by atoms with van der Waals surface area (Å²) in [6.45, 7) is 4.24. The summed E-state index contributed by atoms with van der Waals surface area (Å²) in [5.41, 5.74) is 4.15. The molecule has 0 aliphatic rings. The molecular weight excluding hydrogens is 239 g/mol. The van der Waals surface area contributed by atoms with Crippen molar-refractivity contribution in [3.63, 3.8) is 0 Å². The Labute approximate surface area is 114 Å². The van der Waals surface area contributed by atoms with Gasteiger partial charge in [0.25, 0.3) is 0 Å². The van der Waals surface area contributed by atoms with E-state index in [-0.39, 0.29) is 5.82 Å². The molecule has 2 aromatic carbocycles. The smallest absolute Gasteiger partial charge is 0.134 e. The van der Waals surface area contributed by atoms with Gasteiger partial charge in [0.05, 0.1) is 7.11 Å². The molecule has 2 rings (SSSR count). The first kappa shape index (κ1) is 13.6.